The van der Waals surface area contributed by atoms with Crippen molar-refractivity contribution in [3.8, 4) is 0 Å². The summed E-state index contributed by atoms with van der Waals surface area (Å²) in [7, 11) is 0. The van der Waals surface area contributed by atoms with E-state index in [0.29, 0.717) is 0 Å². The molecule has 0 aliphatic carbocycles. The predicted molar refractivity (Wildman–Crippen MR) is 153 cm³/mol. The Morgan fingerprint density at radius 3 is 2.83 bits per heavy atom. The summed E-state index contributed by atoms with van der Waals surface area (Å²) >= 11 is 5.00. The van der Waals surface area contributed by atoms with Crippen LogP contribution >= 0.6 is 34.9 Å². The highest BCUT2D eigenvalue weighted by Crippen LogP contribution is 2.46. The zero-order valence-corrected chi connectivity index (χ0v) is 22.8. The van der Waals surface area contributed by atoms with E-state index < -0.39 is 5.97 Å². The van der Waals surface area contributed by atoms with Crippen LogP contribution in [0.1, 0.15) is 21.7 Å². The summed E-state index contributed by atoms with van der Waals surface area (Å²) in [5.41, 5.74) is 6.73. The van der Waals surface area contributed by atoms with E-state index in [1.165, 1.54) is 54.3 Å². The molecule has 184 valence electrons. The van der Waals surface area contributed by atoms with Gasteiger partial charge in [0.15, 0.2) is 6.54 Å². The number of thiazole rings is 1. The van der Waals surface area contributed by atoms with Gasteiger partial charge in [-0.2, -0.15) is 16.3 Å². The molecule has 0 spiro atoms. The largest absolute Gasteiger partial charge is 0.549 e. The predicted octanol–water partition coefficient (Wildman–Crippen LogP) is 5.42. The third kappa shape index (κ3) is 5.33. The average molecular weight is 533 g/mol. The number of allylic oxidation sites excluding steroid dienone is 6. The Kier molecular flexibility index (Phi) is 7.70. The van der Waals surface area contributed by atoms with Crippen LogP contribution in [-0.4, -0.2) is 24.0 Å². The first-order valence-electron chi connectivity index (χ1n) is 12.0. The van der Waals surface area contributed by atoms with E-state index in [-0.39, 0.29) is 5.75 Å². The molecule has 0 saturated carbocycles. The summed E-state index contributed by atoms with van der Waals surface area (Å²) in [5, 5.41) is 13.2. The van der Waals surface area contributed by atoms with Crippen molar-refractivity contribution in [3.63, 3.8) is 0 Å². The number of carbonyl (C=O) groups excluding carboxylic acids is 1. The van der Waals surface area contributed by atoms with Crippen LogP contribution in [0.15, 0.2) is 76.7 Å². The maximum absolute atomic E-state index is 10.7. The van der Waals surface area contributed by atoms with Crippen LogP contribution in [-0.2, 0) is 17.8 Å². The number of carboxylic acid groups (broad SMARTS) is 1. The van der Waals surface area contributed by atoms with Gasteiger partial charge in [-0.3, -0.25) is 0 Å². The minimum atomic E-state index is -1.01. The second-order valence-corrected chi connectivity index (χ2v) is 12.1. The van der Waals surface area contributed by atoms with Crippen molar-refractivity contribution < 1.29 is 14.5 Å². The Labute approximate surface area is 224 Å². The molecular formula is C29H28N2O2S3. The van der Waals surface area contributed by atoms with E-state index in [4.69, 9.17) is 0 Å². The summed E-state index contributed by atoms with van der Waals surface area (Å²) in [6, 6.07) is 11.0. The molecule has 2 aliphatic rings. The molecule has 1 aromatic heterocycles. The smallest absolute Gasteiger partial charge is 0.262 e. The lowest BCUT2D eigenvalue weighted by Crippen LogP contribution is -2.31. The van der Waals surface area contributed by atoms with Crippen LogP contribution in [0.5, 0.6) is 0 Å². The molecule has 4 nitrogen and oxygen atoms in total. The van der Waals surface area contributed by atoms with Gasteiger partial charge in [0, 0.05) is 41.0 Å². The van der Waals surface area contributed by atoms with Gasteiger partial charge in [-0.05, 0) is 49.2 Å². The monoisotopic (exact) mass is 532 g/mol. The summed E-state index contributed by atoms with van der Waals surface area (Å²) < 4.78 is 3.82. The topological polar surface area (TPSA) is 47.3 Å². The Morgan fingerprint density at radius 2 is 1.97 bits per heavy atom. The number of hydrogen-bond donors (Lipinski definition) is 0. The number of carbonyl (C=O) groups is 1. The second-order valence-electron chi connectivity index (χ2n) is 8.83. The van der Waals surface area contributed by atoms with Gasteiger partial charge in [-0.1, -0.05) is 65.6 Å². The fourth-order valence-electron chi connectivity index (χ4n) is 4.60. The maximum Gasteiger partial charge on any atom is 0.262 e. The molecule has 2 aliphatic heterocycles. The first-order chi connectivity index (χ1) is 17.5. The SMILES string of the molecule is Cc1ccc2c(c1)N(CCSCC(=O)[O-])/C(=C/C=C/C=C/C=C/c1sc3ccc(C)c4c3[n+]1CC4)S2. The van der Waals surface area contributed by atoms with Crippen molar-refractivity contribution >= 4 is 62.8 Å². The molecule has 3 aromatic rings. The Balaban J connectivity index is 1.24. The van der Waals surface area contributed by atoms with Crippen LogP contribution in [0.2, 0.25) is 0 Å². The molecule has 0 amide bonds. The molecule has 0 N–H and O–H groups in total. The third-order valence-electron chi connectivity index (χ3n) is 6.30. The van der Waals surface area contributed by atoms with Crippen molar-refractivity contribution in [2.45, 2.75) is 31.7 Å². The lowest BCUT2D eigenvalue weighted by molar-refractivity contribution is -0.661. The summed E-state index contributed by atoms with van der Waals surface area (Å²) in [5.74, 6) is -0.255. The highest BCUT2D eigenvalue weighted by Gasteiger charge is 2.28. The Hall–Kier alpha value is -2.74. The van der Waals surface area contributed by atoms with Crippen LogP contribution in [0.4, 0.5) is 5.69 Å². The number of rotatable bonds is 9. The molecule has 0 unspecified atom stereocenters. The van der Waals surface area contributed by atoms with Crippen molar-refractivity contribution in [1.82, 2.24) is 0 Å². The summed E-state index contributed by atoms with van der Waals surface area (Å²) in [6.07, 6.45) is 15.8. The van der Waals surface area contributed by atoms with Gasteiger partial charge >= 0.3 is 0 Å². The van der Waals surface area contributed by atoms with Crippen LogP contribution < -0.4 is 14.6 Å². The molecule has 3 heterocycles. The Morgan fingerprint density at radius 1 is 1.14 bits per heavy atom. The van der Waals surface area contributed by atoms with Crippen molar-refractivity contribution in [2.75, 3.05) is 23.0 Å². The highest BCUT2D eigenvalue weighted by atomic mass is 32.2. The van der Waals surface area contributed by atoms with Crippen molar-refractivity contribution in [1.29, 1.82) is 0 Å². The van der Waals surface area contributed by atoms with E-state index in [1.807, 2.05) is 17.4 Å². The number of anilines is 1. The maximum atomic E-state index is 10.7. The first kappa shape index (κ1) is 24.9. The molecule has 0 saturated heterocycles. The van der Waals surface area contributed by atoms with Crippen LogP contribution in [0, 0.1) is 13.8 Å². The van der Waals surface area contributed by atoms with Gasteiger partial charge in [0.1, 0.15) is 4.70 Å². The normalized spacial score (nSPS) is 16.1. The number of thioether (sulfide) groups is 2. The first-order valence-corrected chi connectivity index (χ1v) is 14.8. The zero-order chi connectivity index (χ0) is 25.1. The van der Waals surface area contributed by atoms with E-state index >= 15 is 0 Å². The number of benzene rings is 2. The summed E-state index contributed by atoms with van der Waals surface area (Å²) in [4.78, 5) is 14.2. The number of nitrogens with zero attached hydrogens (tertiary/aromatic N) is 2. The molecule has 0 bridgehead atoms. The number of aryl methyl sites for hydroxylation is 4. The number of fused-ring (bicyclic) bond motifs is 1. The minimum Gasteiger partial charge on any atom is -0.549 e. The Bertz CT molecular complexity index is 1430. The molecule has 0 fully saturated rings. The van der Waals surface area contributed by atoms with Crippen LogP contribution in [0.3, 0.4) is 0 Å². The van der Waals surface area contributed by atoms with E-state index in [9.17, 15) is 9.90 Å². The van der Waals surface area contributed by atoms with Crippen LogP contribution in [0.25, 0.3) is 16.3 Å². The van der Waals surface area contributed by atoms with Crippen molar-refractivity contribution in [3.05, 3.63) is 93.5 Å². The molecular weight excluding hydrogens is 505 g/mol. The quantitative estimate of drug-likeness (QED) is 0.209. The van der Waals surface area contributed by atoms with Gasteiger partial charge in [-0.15, -0.1) is 0 Å². The van der Waals surface area contributed by atoms with E-state index in [1.54, 1.807) is 11.8 Å². The number of aromatic nitrogens is 1. The van der Waals surface area contributed by atoms with Gasteiger partial charge in [-0.25, -0.2) is 0 Å². The van der Waals surface area contributed by atoms with Crippen molar-refractivity contribution in [2.24, 2.45) is 0 Å². The number of hydrogen-bond acceptors (Lipinski definition) is 6. The summed E-state index contributed by atoms with van der Waals surface area (Å²) in [6.45, 7) is 6.13. The molecule has 0 radical (unpaired) electrons. The van der Waals surface area contributed by atoms with Gasteiger partial charge in [0.2, 0.25) is 5.52 Å². The van der Waals surface area contributed by atoms with E-state index in [0.717, 1.165) is 30.3 Å². The molecule has 5 rings (SSSR count). The fourth-order valence-corrected chi connectivity index (χ4v) is 7.44. The second kappa shape index (κ2) is 11.1. The van der Waals surface area contributed by atoms with Gasteiger partial charge in [0.25, 0.3) is 5.01 Å². The van der Waals surface area contributed by atoms with E-state index in [2.05, 4.69) is 90.1 Å². The number of aliphatic carboxylic acids is 1. The minimum absolute atomic E-state index is 0.0290. The standard InChI is InChI=1S/C29H28N2O2S3/c1-20-10-12-24-23(18-20)30(16-17-34-19-28(32)33)26(35-24)8-6-4-3-5-7-9-27-31-15-14-22-21(2)11-13-25(36-27)29(22)31/h3-13,18H,14-17,19H2,1-2H3. The lowest BCUT2D eigenvalue weighted by atomic mass is 10.1. The van der Waals surface area contributed by atoms with Gasteiger partial charge < -0.3 is 14.8 Å². The molecule has 7 heteroatoms. The van der Waals surface area contributed by atoms with Gasteiger partial charge in [0.05, 0.1) is 16.7 Å². The zero-order valence-electron chi connectivity index (χ0n) is 20.4. The molecule has 2 aromatic carbocycles. The lowest BCUT2D eigenvalue weighted by Gasteiger charge is -2.20. The average Bonchev–Trinajstić information content (AvgIpc) is 3.54. The molecule has 36 heavy (non-hydrogen) atoms. The highest BCUT2D eigenvalue weighted by molar-refractivity contribution is 8.03. The third-order valence-corrected chi connectivity index (χ3v) is 9.46. The number of carboxylic acids is 1. The fraction of sp³-hybridized carbons (Fsp3) is 0.241. The molecule has 0 atom stereocenters.